The van der Waals surface area contributed by atoms with Crippen molar-refractivity contribution in [1.29, 1.82) is 0 Å². The number of aromatic nitrogens is 2. The Morgan fingerprint density at radius 2 is 1.90 bits per heavy atom. The van der Waals surface area contributed by atoms with Crippen LogP contribution in [-0.2, 0) is 25.9 Å². The molecule has 0 saturated heterocycles. The first-order valence-electron chi connectivity index (χ1n) is 7.65. The van der Waals surface area contributed by atoms with Crippen LogP contribution in [0.15, 0.2) is 4.52 Å². The smallest absolute Gasteiger partial charge is 0.241 e. The van der Waals surface area contributed by atoms with E-state index in [-0.39, 0.29) is 16.9 Å². The van der Waals surface area contributed by atoms with Gasteiger partial charge in [0.25, 0.3) is 0 Å². The molecule has 3 rings (SSSR count). The molecule has 0 radical (unpaired) electrons. The van der Waals surface area contributed by atoms with Crippen molar-refractivity contribution < 1.29 is 17.7 Å². The largest absolute Gasteiger partial charge is 0.370 e. The standard InChI is InChI=1S/C14H22N2O4S/c1-19-14(8-4-5-9-14)13-15-12(20-16-13)10-21(17,18)11-6-2-3-7-11/h11H,2-10H2,1H3. The molecule has 0 N–H and O–H groups in total. The topological polar surface area (TPSA) is 82.3 Å². The summed E-state index contributed by atoms with van der Waals surface area (Å²) in [5, 5.41) is 3.74. The van der Waals surface area contributed by atoms with Gasteiger partial charge in [0, 0.05) is 7.11 Å². The summed E-state index contributed by atoms with van der Waals surface area (Å²) in [7, 11) is -1.54. The lowest BCUT2D eigenvalue weighted by atomic mass is 10.0. The molecule has 1 heterocycles. The Labute approximate surface area is 125 Å². The van der Waals surface area contributed by atoms with Crippen LogP contribution in [-0.4, -0.2) is 30.9 Å². The highest BCUT2D eigenvalue weighted by atomic mass is 32.2. The van der Waals surface area contributed by atoms with Crippen molar-refractivity contribution in [2.45, 2.75) is 68.0 Å². The lowest BCUT2D eigenvalue weighted by molar-refractivity contribution is -0.0178. The number of ether oxygens (including phenoxy) is 1. The number of sulfone groups is 1. The van der Waals surface area contributed by atoms with Crippen LogP contribution in [0.25, 0.3) is 0 Å². The predicted octanol–water partition coefficient (Wildman–Crippen LogP) is 2.34. The molecule has 2 aliphatic carbocycles. The first kappa shape index (κ1) is 15.0. The Bertz CT molecular complexity index is 584. The van der Waals surface area contributed by atoms with Gasteiger partial charge in [-0.2, -0.15) is 4.98 Å². The van der Waals surface area contributed by atoms with Gasteiger partial charge in [-0.05, 0) is 38.5 Å². The molecule has 0 atom stereocenters. The summed E-state index contributed by atoms with van der Waals surface area (Å²) in [6.07, 6.45) is 7.35. The van der Waals surface area contributed by atoms with Gasteiger partial charge in [0.2, 0.25) is 11.7 Å². The first-order chi connectivity index (χ1) is 10.1. The number of methoxy groups -OCH3 is 1. The normalized spacial score (nSPS) is 22.9. The Morgan fingerprint density at radius 3 is 2.52 bits per heavy atom. The second kappa shape index (κ2) is 5.68. The van der Waals surface area contributed by atoms with Gasteiger partial charge in [0.05, 0.1) is 5.25 Å². The van der Waals surface area contributed by atoms with Crippen molar-refractivity contribution in [2.75, 3.05) is 7.11 Å². The van der Waals surface area contributed by atoms with E-state index in [1.54, 1.807) is 7.11 Å². The second-order valence-corrected chi connectivity index (χ2v) is 8.41. The van der Waals surface area contributed by atoms with Gasteiger partial charge < -0.3 is 9.26 Å². The summed E-state index contributed by atoms with van der Waals surface area (Å²) in [4.78, 5) is 4.31. The molecule has 7 heteroatoms. The van der Waals surface area contributed by atoms with Gasteiger partial charge >= 0.3 is 0 Å². The summed E-state index contributed by atoms with van der Waals surface area (Å²) >= 11 is 0. The van der Waals surface area contributed by atoms with E-state index in [4.69, 9.17) is 9.26 Å². The highest BCUT2D eigenvalue weighted by Gasteiger charge is 2.40. The van der Waals surface area contributed by atoms with E-state index in [0.717, 1.165) is 51.4 Å². The van der Waals surface area contributed by atoms with Crippen LogP contribution in [0.2, 0.25) is 0 Å². The number of rotatable bonds is 5. The average Bonchev–Trinajstić information content (AvgIpc) is 3.20. The summed E-state index contributed by atoms with van der Waals surface area (Å²) in [6, 6.07) is 0. The number of hydrogen-bond donors (Lipinski definition) is 0. The van der Waals surface area contributed by atoms with Crippen molar-refractivity contribution >= 4 is 9.84 Å². The van der Waals surface area contributed by atoms with Gasteiger partial charge in [-0.15, -0.1) is 0 Å². The highest BCUT2D eigenvalue weighted by molar-refractivity contribution is 7.91. The Kier molecular flexibility index (Phi) is 4.05. The molecule has 1 aromatic heterocycles. The van der Waals surface area contributed by atoms with Crippen LogP contribution < -0.4 is 0 Å². The molecule has 0 bridgehead atoms. The fourth-order valence-corrected chi connectivity index (χ4v) is 5.25. The molecule has 0 aromatic carbocycles. The van der Waals surface area contributed by atoms with E-state index in [1.807, 2.05) is 0 Å². The van der Waals surface area contributed by atoms with E-state index < -0.39 is 15.4 Å². The third-order valence-corrected chi connectivity index (χ3v) is 6.95. The van der Waals surface area contributed by atoms with Gasteiger partial charge in [0.15, 0.2) is 9.84 Å². The fourth-order valence-electron chi connectivity index (χ4n) is 3.50. The summed E-state index contributed by atoms with van der Waals surface area (Å²) in [5.74, 6) is 0.545. The molecule has 2 saturated carbocycles. The number of hydrogen-bond acceptors (Lipinski definition) is 6. The third-order valence-electron chi connectivity index (χ3n) is 4.81. The third kappa shape index (κ3) is 2.85. The van der Waals surface area contributed by atoms with Crippen molar-refractivity contribution in [1.82, 2.24) is 10.1 Å². The highest BCUT2D eigenvalue weighted by Crippen LogP contribution is 2.40. The maximum absolute atomic E-state index is 12.3. The van der Waals surface area contributed by atoms with Crippen LogP contribution in [0.5, 0.6) is 0 Å². The monoisotopic (exact) mass is 314 g/mol. The summed E-state index contributed by atoms with van der Waals surface area (Å²) in [6.45, 7) is 0. The second-order valence-electron chi connectivity index (χ2n) is 6.13. The van der Waals surface area contributed by atoms with E-state index in [2.05, 4.69) is 10.1 Å². The zero-order chi connectivity index (χ0) is 14.9. The van der Waals surface area contributed by atoms with Crippen LogP contribution in [0.3, 0.4) is 0 Å². The molecule has 118 valence electrons. The van der Waals surface area contributed by atoms with Gasteiger partial charge in [-0.3, -0.25) is 0 Å². The molecule has 0 aliphatic heterocycles. The van der Waals surface area contributed by atoms with Gasteiger partial charge in [-0.25, -0.2) is 8.42 Å². The predicted molar refractivity (Wildman–Crippen MR) is 76.3 cm³/mol. The Hall–Kier alpha value is -0.950. The SMILES string of the molecule is COC1(c2noc(CS(=O)(=O)C3CCCC3)n2)CCCC1. The lowest BCUT2D eigenvalue weighted by Crippen LogP contribution is -2.26. The van der Waals surface area contributed by atoms with Crippen LogP contribution in [0.1, 0.15) is 63.1 Å². The molecule has 0 unspecified atom stereocenters. The zero-order valence-corrected chi connectivity index (χ0v) is 13.2. The molecule has 21 heavy (non-hydrogen) atoms. The van der Waals surface area contributed by atoms with Gasteiger partial charge in [0.1, 0.15) is 11.4 Å². The van der Waals surface area contributed by atoms with Crippen molar-refractivity contribution in [2.24, 2.45) is 0 Å². The molecule has 2 aliphatic rings. The quantitative estimate of drug-likeness (QED) is 0.829. The molecule has 6 nitrogen and oxygen atoms in total. The van der Waals surface area contributed by atoms with Crippen molar-refractivity contribution in [3.05, 3.63) is 11.7 Å². The summed E-state index contributed by atoms with van der Waals surface area (Å²) < 4.78 is 35.4. The van der Waals surface area contributed by atoms with E-state index in [1.165, 1.54) is 0 Å². The fraction of sp³-hybridized carbons (Fsp3) is 0.857. The minimum atomic E-state index is -3.19. The maximum atomic E-state index is 12.3. The van der Waals surface area contributed by atoms with Gasteiger partial charge in [-0.1, -0.05) is 18.0 Å². The summed E-state index contributed by atoms with van der Waals surface area (Å²) in [5.41, 5.74) is -0.487. The lowest BCUT2D eigenvalue weighted by Gasteiger charge is -2.22. The number of nitrogens with zero attached hydrogens (tertiary/aromatic N) is 2. The average molecular weight is 314 g/mol. The molecule has 0 spiro atoms. The molecule has 0 amide bonds. The molecule has 2 fully saturated rings. The Morgan fingerprint density at radius 1 is 1.24 bits per heavy atom. The minimum absolute atomic E-state index is 0.148. The zero-order valence-electron chi connectivity index (χ0n) is 12.4. The van der Waals surface area contributed by atoms with E-state index >= 15 is 0 Å². The van der Waals surface area contributed by atoms with E-state index in [9.17, 15) is 8.42 Å². The minimum Gasteiger partial charge on any atom is -0.370 e. The van der Waals surface area contributed by atoms with Crippen molar-refractivity contribution in [3.8, 4) is 0 Å². The van der Waals surface area contributed by atoms with E-state index in [0.29, 0.717) is 5.82 Å². The maximum Gasteiger partial charge on any atom is 0.241 e. The molecular weight excluding hydrogens is 292 g/mol. The van der Waals surface area contributed by atoms with Crippen LogP contribution in [0, 0.1) is 0 Å². The van der Waals surface area contributed by atoms with Crippen LogP contribution >= 0.6 is 0 Å². The molecule has 1 aromatic rings. The molecular formula is C14H22N2O4S. The first-order valence-corrected chi connectivity index (χ1v) is 9.37. The Balaban J connectivity index is 1.76. The van der Waals surface area contributed by atoms with Crippen molar-refractivity contribution in [3.63, 3.8) is 0 Å². The van der Waals surface area contributed by atoms with Crippen LogP contribution in [0.4, 0.5) is 0 Å².